The van der Waals surface area contributed by atoms with Gasteiger partial charge >= 0.3 is 0 Å². The Morgan fingerprint density at radius 3 is 3.05 bits per heavy atom. The first kappa shape index (κ1) is 15.0. The van der Waals surface area contributed by atoms with Gasteiger partial charge in [-0.05, 0) is 37.5 Å². The van der Waals surface area contributed by atoms with E-state index in [1.54, 1.807) is 12.1 Å². The van der Waals surface area contributed by atoms with Gasteiger partial charge in [-0.1, -0.05) is 19.1 Å². The molecule has 0 saturated carbocycles. The summed E-state index contributed by atoms with van der Waals surface area (Å²) in [5.41, 5.74) is 0.956. The Bertz CT molecular complexity index is 464. The normalized spacial score (nSPS) is 20.8. The van der Waals surface area contributed by atoms with Crippen LogP contribution in [0, 0.1) is 11.7 Å². The van der Waals surface area contributed by atoms with E-state index in [1.165, 1.54) is 6.07 Å². The van der Waals surface area contributed by atoms with Gasteiger partial charge in [-0.2, -0.15) is 0 Å². The number of nitrogens with zero attached hydrogens (tertiary/aromatic N) is 1. The van der Waals surface area contributed by atoms with Crippen molar-refractivity contribution in [3.05, 3.63) is 35.6 Å². The van der Waals surface area contributed by atoms with E-state index in [9.17, 15) is 9.18 Å². The molecule has 2 rings (SSSR count). The van der Waals surface area contributed by atoms with Crippen molar-refractivity contribution in [2.45, 2.75) is 32.7 Å². The first-order valence-electron chi connectivity index (χ1n) is 7.33. The Labute approximate surface area is 120 Å². The summed E-state index contributed by atoms with van der Waals surface area (Å²) in [7, 11) is 0. The molecule has 20 heavy (non-hydrogen) atoms. The number of amides is 1. The average molecular weight is 278 g/mol. The van der Waals surface area contributed by atoms with Crippen molar-refractivity contribution in [3.8, 4) is 0 Å². The number of hydrogen-bond acceptors (Lipinski definition) is 2. The fraction of sp³-hybridized carbons (Fsp3) is 0.562. The molecule has 3 nitrogen and oxygen atoms in total. The van der Waals surface area contributed by atoms with Gasteiger partial charge in [-0.25, -0.2) is 4.39 Å². The predicted octanol–water partition coefficient (Wildman–Crippen LogP) is 2.21. The second-order valence-corrected chi connectivity index (χ2v) is 5.65. The zero-order valence-corrected chi connectivity index (χ0v) is 12.2. The third-order valence-electron chi connectivity index (χ3n) is 3.96. The molecule has 1 fully saturated rings. The van der Waals surface area contributed by atoms with Crippen LogP contribution in [-0.2, 0) is 11.2 Å². The SMILES string of the molecule is CC(CCc1cccc(F)c1)C(=O)N1CCNCC1C. The monoisotopic (exact) mass is 278 g/mol. The molecular weight excluding hydrogens is 255 g/mol. The second-order valence-electron chi connectivity index (χ2n) is 5.65. The van der Waals surface area contributed by atoms with E-state index in [0.717, 1.165) is 38.0 Å². The highest BCUT2D eigenvalue weighted by Crippen LogP contribution is 2.15. The maximum atomic E-state index is 13.1. The molecule has 0 aromatic heterocycles. The minimum absolute atomic E-state index is 0.0150. The van der Waals surface area contributed by atoms with Crippen LogP contribution in [-0.4, -0.2) is 36.5 Å². The third kappa shape index (κ3) is 3.79. The zero-order chi connectivity index (χ0) is 14.5. The minimum Gasteiger partial charge on any atom is -0.337 e. The van der Waals surface area contributed by atoms with Gasteiger partial charge in [0.15, 0.2) is 0 Å². The summed E-state index contributed by atoms with van der Waals surface area (Å²) in [5.74, 6) is -0.00794. The molecule has 1 amide bonds. The number of aryl methyl sites for hydroxylation is 1. The highest BCUT2D eigenvalue weighted by atomic mass is 19.1. The Morgan fingerprint density at radius 2 is 2.35 bits per heavy atom. The van der Waals surface area contributed by atoms with Crippen LogP contribution < -0.4 is 5.32 Å². The van der Waals surface area contributed by atoms with Crippen LogP contribution in [0.15, 0.2) is 24.3 Å². The molecule has 110 valence electrons. The average Bonchev–Trinajstić information content (AvgIpc) is 2.44. The zero-order valence-electron chi connectivity index (χ0n) is 12.2. The van der Waals surface area contributed by atoms with Crippen molar-refractivity contribution in [2.24, 2.45) is 5.92 Å². The summed E-state index contributed by atoms with van der Waals surface area (Å²) in [5, 5.41) is 3.29. The predicted molar refractivity (Wildman–Crippen MR) is 77.9 cm³/mol. The van der Waals surface area contributed by atoms with Crippen molar-refractivity contribution in [2.75, 3.05) is 19.6 Å². The largest absolute Gasteiger partial charge is 0.337 e. The van der Waals surface area contributed by atoms with Crippen molar-refractivity contribution in [3.63, 3.8) is 0 Å². The van der Waals surface area contributed by atoms with Gasteiger partial charge in [-0.3, -0.25) is 4.79 Å². The quantitative estimate of drug-likeness (QED) is 0.916. The van der Waals surface area contributed by atoms with Gasteiger partial charge in [0.1, 0.15) is 5.82 Å². The number of rotatable bonds is 4. The standard InChI is InChI=1S/C16H23FN2O/c1-12(6-7-14-4-3-5-15(17)10-14)16(20)19-9-8-18-11-13(19)2/h3-5,10,12-13,18H,6-9,11H2,1-2H3. The molecule has 0 spiro atoms. The molecule has 0 radical (unpaired) electrons. The van der Waals surface area contributed by atoms with Crippen LogP contribution in [0.3, 0.4) is 0 Å². The van der Waals surface area contributed by atoms with Crippen LogP contribution >= 0.6 is 0 Å². The van der Waals surface area contributed by atoms with Gasteiger partial charge in [0.05, 0.1) is 0 Å². The Balaban J connectivity index is 1.87. The van der Waals surface area contributed by atoms with Crippen molar-refractivity contribution < 1.29 is 9.18 Å². The molecule has 1 heterocycles. The smallest absolute Gasteiger partial charge is 0.225 e. The second kappa shape index (κ2) is 6.84. The molecule has 2 atom stereocenters. The molecule has 0 bridgehead atoms. The molecule has 1 aliphatic heterocycles. The number of halogens is 1. The maximum absolute atomic E-state index is 13.1. The summed E-state index contributed by atoms with van der Waals surface area (Å²) in [4.78, 5) is 14.4. The Morgan fingerprint density at radius 1 is 1.55 bits per heavy atom. The number of carbonyl (C=O) groups excluding carboxylic acids is 1. The topological polar surface area (TPSA) is 32.3 Å². The summed E-state index contributed by atoms with van der Waals surface area (Å²) in [6.07, 6.45) is 1.50. The van der Waals surface area contributed by atoms with Gasteiger partial charge < -0.3 is 10.2 Å². The maximum Gasteiger partial charge on any atom is 0.225 e. The lowest BCUT2D eigenvalue weighted by Crippen LogP contribution is -2.53. The third-order valence-corrected chi connectivity index (χ3v) is 3.96. The highest BCUT2D eigenvalue weighted by Gasteiger charge is 2.26. The molecule has 1 aromatic carbocycles. The van der Waals surface area contributed by atoms with Crippen LogP contribution in [0.5, 0.6) is 0 Å². The fourth-order valence-corrected chi connectivity index (χ4v) is 2.65. The first-order chi connectivity index (χ1) is 9.58. The molecule has 0 aliphatic carbocycles. The van der Waals surface area contributed by atoms with E-state index in [4.69, 9.17) is 0 Å². The van der Waals surface area contributed by atoms with E-state index >= 15 is 0 Å². The van der Waals surface area contributed by atoms with Gasteiger partial charge in [0, 0.05) is 31.6 Å². The van der Waals surface area contributed by atoms with Gasteiger partial charge in [0.2, 0.25) is 5.91 Å². The number of nitrogens with one attached hydrogen (secondary N) is 1. The van der Waals surface area contributed by atoms with E-state index in [0.29, 0.717) is 0 Å². The lowest BCUT2D eigenvalue weighted by atomic mass is 9.98. The Kier molecular flexibility index (Phi) is 5.12. The number of hydrogen-bond donors (Lipinski definition) is 1. The van der Waals surface area contributed by atoms with E-state index in [-0.39, 0.29) is 23.7 Å². The summed E-state index contributed by atoms with van der Waals surface area (Å²) < 4.78 is 13.1. The Hall–Kier alpha value is -1.42. The van der Waals surface area contributed by atoms with Crippen molar-refractivity contribution in [1.82, 2.24) is 10.2 Å². The minimum atomic E-state index is -0.211. The highest BCUT2D eigenvalue weighted by molar-refractivity contribution is 5.79. The number of benzene rings is 1. The van der Waals surface area contributed by atoms with Crippen LogP contribution in [0.2, 0.25) is 0 Å². The molecule has 2 unspecified atom stereocenters. The van der Waals surface area contributed by atoms with E-state index in [1.807, 2.05) is 17.9 Å². The summed E-state index contributed by atoms with van der Waals surface area (Å²) >= 11 is 0. The van der Waals surface area contributed by atoms with Crippen LogP contribution in [0.4, 0.5) is 4.39 Å². The van der Waals surface area contributed by atoms with Gasteiger partial charge in [-0.15, -0.1) is 0 Å². The number of carbonyl (C=O) groups is 1. The van der Waals surface area contributed by atoms with E-state index in [2.05, 4.69) is 12.2 Å². The molecule has 1 aliphatic rings. The number of piperazine rings is 1. The van der Waals surface area contributed by atoms with Gasteiger partial charge in [0.25, 0.3) is 0 Å². The molecule has 4 heteroatoms. The van der Waals surface area contributed by atoms with Crippen LogP contribution in [0.25, 0.3) is 0 Å². The summed E-state index contributed by atoms with van der Waals surface area (Å²) in [6.45, 7) is 6.55. The molecule has 1 saturated heterocycles. The summed E-state index contributed by atoms with van der Waals surface area (Å²) in [6, 6.07) is 6.88. The molecular formula is C16H23FN2O. The van der Waals surface area contributed by atoms with Crippen molar-refractivity contribution >= 4 is 5.91 Å². The lowest BCUT2D eigenvalue weighted by Gasteiger charge is -2.35. The van der Waals surface area contributed by atoms with Crippen molar-refractivity contribution in [1.29, 1.82) is 0 Å². The molecule has 1 aromatic rings. The lowest BCUT2D eigenvalue weighted by molar-refractivity contribution is -0.138. The fourth-order valence-electron chi connectivity index (χ4n) is 2.65. The van der Waals surface area contributed by atoms with E-state index < -0.39 is 0 Å². The van der Waals surface area contributed by atoms with Crippen LogP contribution in [0.1, 0.15) is 25.8 Å². The first-order valence-corrected chi connectivity index (χ1v) is 7.33. The molecule has 1 N–H and O–H groups in total.